The molecular formula is C19H31N3O4S. The van der Waals surface area contributed by atoms with E-state index in [2.05, 4.69) is 15.2 Å². The molecule has 2 rings (SSSR count). The third-order valence-corrected chi connectivity index (χ3v) is 5.73. The molecule has 0 amide bonds. The highest BCUT2D eigenvalue weighted by atomic mass is 32.2. The Balaban J connectivity index is 1.78. The Bertz CT molecular complexity index is 696. The van der Waals surface area contributed by atoms with E-state index in [1.54, 1.807) is 26.3 Å². The zero-order valence-electron chi connectivity index (χ0n) is 16.5. The third kappa shape index (κ3) is 7.12. The summed E-state index contributed by atoms with van der Waals surface area (Å²) in [6.07, 6.45) is 4.42. The van der Waals surface area contributed by atoms with Gasteiger partial charge in [0, 0.05) is 53.3 Å². The minimum atomic E-state index is -3.16. The van der Waals surface area contributed by atoms with Crippen molar-refractivity contribution in [1.82, 2.24) is 10.2 Å². The van der Waals surface area contributed by atoms with E-state index in [-0.39, 0.29) is 0 Å². The molecule has 0 radical (unpaired) electrons. The van der Waals surface area contributed by atoms with Crippen LogP contribution in [0.2, 0.25) is 0 Å². The average molecular weight is 398 g/mol. The Morgan fingerprint density at radius 1 is 1.22 bits per heavy atom. The molecule has 1 aromatic rings. The molecular weight excluding hydrogens is 366 g/mol. The minimum absolute atomic E-state index is 0.305. The molecule has 0 aromatic heterocycles. The molecule has 0 bridgehead atoms. The number of hydrogen-bond donors (Lipinski definition) is 1. The zero-order valence-corrected chi connectivity index (χ0v) is 17.3. The fraction of sp³-hybridized carbons (Fsp3) is 0.632. The minimum Gasteiger partial charge on any atom is -0.385 e. The van der Waals surface area contributed by atoms with Crippen molar-refractivity contribution in [1.29, 1.82) is 0 Å². The summed E-state index contributed by atoms with van der Waals surface area (Å²) in [6, 6.07) is 6.94. The van der Waals surface area contributed by atoms with Gasteiger partial charge in [0.1, 0.15) is 0 Å². The molecule has 152 valence electrons. The van der Waals surface area contributed by atoms with Gasteiger partial charge in [-0.1, -0.05) is 12.1 Å². The van der Waals surface area contributed by atoms with Crippen molar-refractivity contribution in [2.75, 3.05) is 46.7 Å². The summed E-state index contributed by atoms with van der Waals surface area (Å²) in [5.41, 5.74) is 1.01. The molecule has 1 aliphatic rings. The van der Waals surface area contributed by atoms with Crippen molar-refractivity contribution in [3.8, 4) is 0 Å². The van der Waals surface area contributed by atoms with Gasteiger partial charge < -0.3 is 19.7 Å². The number of sulfone groups is 1. The second-order valence-corrected chi connectivity index (χ2v) is 8.74. The molecule has 0 saturated carbocycles. The molecule has 0 atom stereocenters. The molecule has 8 heteroatoms. The van der Waals surface area contributed by atoms with E-state index >= 15 is 0 Å². The topological polar surface area (TPSA) is 80.2 Å². The lowest BCUT2D eigenvalue weighted by molar-refractivity contribution is 0.00989. The lowest BCUT2D eigenvalue weighted by atomic mass is 10.1. The lowest BCUT2D eigenvalue weighted by Crippen LogP contribution is -2.46. The van der Waals surface area contributed by atoms with Gasteiger partial charge in [-0.15, -0.1) is 0 Å². The van der Waals surface area contributed by atoms with E-state index in [4.69, 9.17) is 9.47 Å². The second kappa shape index (κ2) is 10.6. The summed E-state index contributed by atoms with van der Waals surface area (Å²) in [5, 5.41) is 3.36. The van der Waals surface area contributed by atoms with Crippen LogP contribution in [-0.2, 0) is 25.9 Å². The van der Waals surface area contributed by atoms with Crippen LogP contribution in [-0.4, -0.2) is 72.1 Å². The first-order valence-electron chi connectivity index (χ1n) is 9.29. The van der Waals surface area contributed by atoms with E-state index in [0.29, 0.717) is 17.5 Å². The number of methoxy groups -OCH3 is 1. The van der Waals surface area contributed by atoms with Crippen LogP contribution in [0.5, 0.6) is 0 Å². The largest absolute Gasteiger partial charge is 0.385 e. The normalized spacial score (nSPS) is 16.6. The number of ether oxygens (including phenoxy) is 2. The van der Waals surface area contributed by atoms with Crippen LogP contribution < -0.4 is 5.32 Å². The molecule has 0 unspecified atom stereocenters. The molecule has 1 saturated heterocycles. The highest BCUT2D eigenvalue weighted by Crippen LogP contribution is 2.15. The average Bonchev–Trinajstić information content (AvgIpc) is 2.66. The summed E-state index contributed by atoms with van der Waals surface area (Å²) >= 11 is 0. The molecule has 27 heavy (non-hydrogen) atoms. The molecule has 1 fully saturated rings. The maximum absolute atomic E-state index is 11.5. The molecule has 7 nitrogen and oxygen atoms in total. The molecule has 0 spiro atoms. The van der Waals surface area contributed by atoms with Crippen LogP contribution in [0.1, 0.15) is 24.8 Å². The SMILES string of the molecule is CN=C(NCc1ccc(S(C)(=O)=O)cc1)N1CCC(OCCCOC)CC1. The third-order valence-electron chi connectivity index (χ3n) is 4.60. The summed E-state index contributed by atoms with van der Waals surface area (Å²) in [7, 11) is 0.326. The van der Waals surface area contributed by atoms with Gasteiger partial charge in [0.05, 0.1) is 11.0 Å². The van der Waals surface area contributed by atoms with E-state index in [9.17, 15) is 8.42 Å². The van der Waals surface area contributed by atoms with Crippen LogP contribution in [0, 0.1) is 0 Å². The number of guanidine groups is 1. The number of hydrogen-bond acceptors (Lipinski definition) is 5. The summed E-state index contributed by atoms with van der Waals surface area (Å²) in [6.45, 7) is 3.89. The Morgan fingerprint density at radius 3 is 2.44 bits per heavy atom. The number of nitrogens with one attached hydrogen (secondary N) is 1. The predicted octanol–water partition coefficient (Wildman–Crippen LogP) is 1.68. The standard InChI is InChI=1S/C19H31N3O4S/c1-20-19(21-15-16-5-7-18(8-6-16)27(3,23)24)22-11-9-17(10-12-22)26-14-4-13-25-2/h5-8,17H,4,9-15H2,1-3H3,(H,20,21). The fourth-order valence-corrected chi connectivity index (χ4v) is 3.69. The predicted molar refractivity (Wildman–Crippen MR) is 107 cm³/mol. The smallest absolute Gasteiger partial charge is 0.193 e. The van der Waals surface area contributed by atoms with Crippen LogP contribution in [0.15, 0.2) is 34.2 Å². The van der Waals surface area contributed by atoms with Crippen LogP contribution in [0.4, 0.5) is 0 Å². The van der Waals surface area contributed by atoms with Gasteiger partial charge in [-0.05, 0) is 37.0 Å². The van der Waals surface area contributed by atoms with Crippen LogP contribution in [0.3, 0.4) is 0 Å². The summed E-state index contributed by atoms with van der Waals surface area (Å²) in [4.78, 5) is 6.95. The first kappa shape index (κ1) is 21.7. The van der Waals surface area contributed by atoms with Gasteiger partial charge in [-0.25, -0.2) is 8.42 Å². The Labute approximate surface area is 162 Å². The summed E-state index contributed by atoms with van der Waals surface area (Å²) < 4.78 is 34.0. The highest BCUT2D eigenvalue weighted by molar-refractivity contribution is 7.90. The monoisotopic (exact) mass is 397 g/mol. The molecule has 0 aliphatic carbocycles. The first-order chi connectivity index (χ1) is 12.9. The first-order valence-corrected chi connectivity index (χ1v) is 11.2. The Morgan fingerprint density at radius 2 is 1.89 bits per heavy atom. The van der Waals surface area contributed by atoms with E-state index in [0.717, 1.165) is 57.1 Å². The van der Waals surface area contributed by atoms with Crippen molar-refractivity contribution < 1.29 is 17.9 Å². The van der Waals surface area contributed by atoms with Gasteiger partial charge >= 0.3 is 0 Å². The van der Waals surface area contributed by atoms with Gasteiger partial charge in [0.2, 0.25) is 0 Å². The number of likely N-dealkylation sites (tertiary alicyclic amines) is 1. The van der Waals surface area contributed by atoms with Crippen LogP contribution >= 0.6 is 0 Å². The van der Waals surface area contributed by atoms with Crippen molar-refractivity contribution >= 4 is 15.8 Å². The van der Waals surface area contributed by atoms with Crippen molar-refractivity contribution in [3.05, 3.63) is 29.8 Å². The zero-order chi connectivity index (χ0) is 19.7. The van der Waals surface area contributed by atoms with Gasteiger partial charge in [-0.3, -0.25) is 4.99 Å². The van der Waals surface area contributed by atoms with E-state index in [1.807, 2.05) is 12.1 Å². The maximum atomic E-state index is 11.5. The van der Waals surface area contributed by atoms with Gasteiger partial charge in [-0.2, -0.15) is 0 Å². The molecule has 1 aromatic carbocycles. The van der Waals surface area contributed by atoms with E-state index < -0.39 is 9.84 Å². The summed E-state index contributed by atoms with van der Waals surface area (Å²) in [5.74, 6) is 0.861. The maximum Gasteiger partial charge on any atom is 0.193 e. The van der Waals surface area contributed by atoms with Crippen molar-refractivity contribution in [3.63, 3.8) is 0 Å². The number of aliphatic imine (C=N–C) groups is 1. The quantitative estimate of drug-likeness (QED) is 0.408. The molecule has 1 heterocycles. The number of piperidine rings is 1. The number of nitrogens with zero attached hydrogens (tertiary/aromatic N) is 2. The second-order valence-electron chi connectivity index (χ2n) is 6.72. The number of rotatable bonds is 8. The Kier molecular flexibility index (Phi) is 8.53. The Hall–Kier alpha value is -1.64. The molecule has 1 N–H and O–H groups in total. The van der Waals surface area contributed by atoms with Crippen LogP contribution in [0.25, 0.3) is 0 Å². The van der Waals surface area contributed by atoms with Crippen molar-refractivity contribution in [2.24, 2.45) is 4.99 Å². The van der Waals surface area contributed by atoms with Crippen molar-refractivity contribution in [2.45, 2.75) is 36.8 Å². The van der Waals surface area contributed by atoms with E-state index in [1.165, 1.54) is 6.26 Å². The number of benzene rings is 1. The highest BCUT2D eigenvalue weighted by Gasteiger charge is 2.21. The van der Waals surface area contributed by atoms with Gasteiger partial charge in [0.25, 0.3) is 0 Å². The fourth-order valence-electron chi connectivity index (χ4n) is 3.06. The lowest BCUT2D eigenvalue weighted by Gasteiger charge is -2.34. The van der Waals surface area contributed by atoms with Gasteiger partial charge in [0.15, 0.2) is 15.8 Å². The molecule has 1 aliphatic heterocycles.